The molecular weight excluding hydrogens is 373 g/mol. The fraction of sp³-hybridized carbons (Fsp3) is 0.200. The highest BCUT2D eigenvalue weighted by Gasteiger charge is 2.31. The van der Waals surface area contributed by atoms with Crippen LogP contribution in [0.1, 0.15) is 40.7 Å². The van der Waals surface area contributed by atoms with E-state index in [0.717, 1.165) is 22.7 Å². The number of halogens is 3. The number of nitrogens with one attached hydrogen (secondary N) is 1. The summed E-state index contributed by atoms with van der Waals surface area (Å²) in [6.45, 7) is 3.98. The molecule has 3 aromatic rings. The Morgan fingerprint density at radius 2 is 1.78 bits per heavy atom. The zero-order chi connectivity index (χ0) is 19.6. The highest BCUT2D eigenvalue weighted by atomic mass is 32.1. The van der Waals surface area contributed by atoms with Crippen molar-refractivity contribution in [2.45, 2.75) is 25.9 Å². The van der Waals surface area contributed by atoms with Crippen LogP contribution in [-0.2, 0) is 6.18 Å². The first kappa shape index (κ1) is 19.1. The molecule has 27 heavy (non-hydrogen) atoms. The lowest BCUT2D eigenvalue weighted by molar-refractivity contribution is -0.137. The zero-order valence-electron chi connectivity index (χ0n) is 14.7. The van der Waals surface area contributed by atoms with Gasteiger partial charge in [-0.3, -0.25) is 4.79 Å². The quantitative estimate of drug-likeness (QED) is 0.576. The molecule has 140 valence electrons. The lowest BCUT2D eigenvalue weighted by Crippen LogP contribution is -2.13. The van der Waals surface area contributed by atoms with Gasteiger partial charge in [0, 0.05) is 17.0 Å². The van der Waals surface area contributed by atoms with Crippen molar-refractivity contribution in [3.8, 4) is 11.3 Å². The number of rotatable bonds is 4. The number of anilines is 1. The van der Waals surface area contributed by atoms with E-state index in [0.29, 0.717) is 10.7 Å². The van der Waals surface area contributed by atoms with E-state index >= 15 is 0 Å². The van der Waals surface area contributed by atoms with Gasteiger partial charge in [0.15, 0.2) is 0 Å². The Bertz CT molecular complexity index is 949. The van der Waals surface area contributed by atoms with Gasteiger partial charge >= 0.3 is 6.18 Å². The normalized spacial score (nSPS) is 11.6. The van der Waals surface area contributed by atoms with Gasteiger partial charge in [-0.2, -0.15) is 13.2 Å². The summed E-state index contributed by atoms with van der Waals surface area (Å²) in [7, 11) is 0. The smallest absolute Gasteiger partial charge is 0.312 e. The van der Waals surface area contributed by atoms with Crippen molar-refractivity contribution in [2.24, 2.45) is 0 Å². The monoisotopic (exact) mass is 390 g/mol. The minimum atomic E-state index is -4.50. The molecule has 0 saturated carbocycles. The summed E-state index contributed by atoms with van der Waals surface area (Å²) in [5.74, 6) is -0.436. The van der Waals surface area contributed by atoms with Crippen molar-refractivity contribution in [1.82, 2.24) is 4.98 Å². The molecule has 0 radical (unpaired) electrons. The van der Waals surface area contributed by atoms with Crippen LogP contribution >= 0.6 is 11.3 Å². The number of benzene rings is 2. The van der Waals surface area contributed by atoms with E-state index < -0.39 is 17.6 Å². The van der Waals surface area contributed by atoms with E-state index in [1.165, 1.54) is 23.5 Å². The third-order valence-corrected chi connectivity index (χ3v) is 5.14. The van der Waals surface area contributed by atoms with Crippen LogP contribution in [0.2, 0.25) is 0 Å². The van der Waals surface area contributed by atoms with Crippen LogP contribution in [0.15, 0.2) is 54.6 Å². The van der Waals surface area contributed by atoms with Crippen molar-refractivity contribution < 1.29 is 18.0 Å². The van der Waals surface area contributed by atoms with Crippen LogP contribution in [0.25, 0.3) is 11.3 Å². The van der Waals surface area contributed by atoms with Gasteiger partial charge in [-0.1, -0.05) is 50.2 Å². The second kappa shape index (κ2) is 7.52. The number of thiazole rings is 1. The van der Waals surface area contributed by atoms with E-state index in [-0.39, 0.29) is 11.5 Å². The van der Waals surface area contributed by atoms with Crippen LogP contribution in [-0.4, -0.2) is 10.9 Å². The number of alkyl halides is 3. The first-order valence-electron chi connectivity index (χ1n) is 8.30. The zero-order valence-corrected chi connectivity index (χ0v) is 15.5. The maximum atomic E-state index is 12.9. The highest BCUT2D eigenvalue weighted by molar-refractivity contribution is 7.16. The van der Waals surface area contributed by atoms with Crippen molar-refractivity contribution in [1.29, 1.82) is 0 Å². The van der Waals surface area contributed by atoms with Gasteiger partial charge in [0.05, 0.1) is 10.6 Å². The maximum absolute atomic E-state index is 12.9. The van der Waals surface area contributed by atoms with Gasteiger partial charge in [0.25, 0.3) is 5.91 Å². The fourth-order valence-electron chi connectivity index (χ4n) is 2.47. The number of hydrogen-bond donors (Lipinski definition) is 1. The second-order valence-corrected chi connectivity index (χ2v) is 7.31. The molecule has 0 bridgehead atoms. The van der Waals surface area contributed by atoms with Gasteiger partial charge in [-0.15, -0.1) is 11.3 Å². The van der Waals surface area contributed by atoms with Crippen LogP contribution in [0.4, 0.5) is 18.2 Å². The van der Waals surface area contributed by atoms with E-state index in [9.17, 15) is 18.0 Å². The lowest BCUT2D eigenvalue weighted by Gasteiger charge is -2.09. The van der Waals surface area contributed by atoms with E-state index in [4.69, 9.17) is 0 Å². The standard InChI is InChI=1S/C20H17F3N2OS/c1-12(2)18-24-16(13-7-4-3-5-8-13)19(27-18)25-17(26)14-9-6-10-15(11-14)20(21,22)23/h3-12H,1-2H3,(H,25,26). The van der Waals surface area contributed by atoms with E-state index in [1.54, 1.807) is 0 Å². The molecule has 0 aliphatic heterocycles. The third-order valence-electron chi connectivity index (χ3n) is 3.86. The van der Waals surface area contributed by atoms with E-state index in [2.05, 4.69) is 10.3 Å². The predicted molar refractivity (Wildman–Crippen MR) is 101 cm³/mol. The molecule has 1 heterocycles. The summed E-state index contributed by atoms with van der Waals surface area (Å²) < 4.78 is 38.7. The summed E-state index contributed by atoms with van der Waals surface area (Å²) in [4.78, 5) is 17.2. The first-order chi connectivity index (χ1) is 12.8. The molecule has 0 fully saturated rings. The Labute approximate surface area is 158 Å². The van der Waals surface area contributed by atoms with Crippen LogP contribution in [0.5, 0.6) is 0 Å². The molecule has 0 atom stereocenters. The molecule has 2 aromatic carbocycles. The SMILES string of the molecule is CC(C)c1nc(-c2ccccc2)c(NC(=O)c2cccc(C(F)(F)F)c2)s1. The number of amides is 1. The Kier molecular flexibility index (Phi) is 5.32. The minimum absolute atomic E-state index is 0.0525. The second-order valence-electron chi connectivity index (χ2n) is 6.28. The predicted octanol–water partition coefficient (Wildman–Crippen LogP) is 6.20. The van der Waals surface area contributed by atoms with E-state index in [1.807, 2.05) is 44.2 Å². The molecule has 0 aliphatic carbocycles. The average molecular weight is 390 g/mol. The molecular formula is C20H17F3N2OS. The fourth-order valence-corrected chi connectivity index (χ4v) is 3.46. The summed E-state index contributed by atoms with van der Waals surface area (Å²) in [5, 5.41) is 4.09. The molecule has 3 nitrogen and oxygen atoms in total. The van der Waals surface area contributed by atoms with Gasteiger partial charge in [-0.05, 0) is 18.2 Å². The topological polar surface area (TPSA) is 42.0 Å². The molecule has 0 aliphatic rings. The maximum Gasteiger partial charge on any atom is 0.416 e. The van der Waals surface area contributed by atoms with Gasteiger partial charge in [-0.25, -0.2) is 4.98 Å². The van der Waals surface area contributed by atoms with Crippen molar-refractivity contribution in [3.05, 3.63) is 70.7 Å². The van der Waals surface area contributed by atoms with Crippen molar-refractivity contribution in [3.63, 3.8) is 0 Å². The van der Waals surface area contributed by atoms with Crippen LogP contribution < -0.4 is 5.32 Å². The molecule has 0 saturated heterocycles. The summed E-state index contributed by atoms with van der Waals surface area (Å²) >= 11 is 1.33. The molecule has 1 aromatic heterocycles. The lowest BCUT2D eigenvalue weighted by atomic mass is 10.1. The van der Waals surface area contributed by atoms with Crippen LogP contribution in [0, 0.1) is 0 Å². The van der Waals surface area contributed by atoms with Crippen molar-refractivity contribution >= 4 is 22.2 Å². The number of aromatic nitrogens is 1. The summed E-state index contributed by atoms with van der Waals surface area (Å²) in [5.41, 5.74) is 0.540. The number of hydrogen-bond acceptors (Lipinski definition) is 3. The largest absolute Gasteiger partial charge is 0.416 e. The molecule has 1 N–H and O–H groups in total. The Hall–Kier alpha value is -2.67. The van der Waals surface area contributed by atoms with Gasteiger partial charge in [0.1, 0.15) is 10.7 Å². The van der Waals surface area contributed by atoms with Crippen LogP contribution in [0.3, 0.4) is 0 Å². The Morgan fingerprint density at radius 3 is 2.41 bits per heavy atom. The molecule has 7 heteroatoms. The molecule has 0 unspecified atom stereocenters. The van der Waals surface area contributed by atoms with Gasteiger partial charge < -0.3 is 5.32 Å². The summed E-state index contributed by atoms with van der Waals surface area (Å²) in [6.07, 6.45) is -4.50. The molecule has 1 amide bonds. The van der Waals surface area contributed by atoms with Crippen molar-refractivity contribution in [2.75, 3.05) is 5.32 Å². The third kappa shape index (κ3) is 4.36. The molecule has 3 rings (SSSR count). The van der Waals surface area contributed by atoms with Gasteiger partial charge in [0.2, 0.25) is 0 Å². The molecule has 0 spiro atoms. The Morgan fingerprint density at radius 1 is 1.07 bits per heavy atom. The summed E-state index contributed by atoms with van der Waals surface area (Å²) in [6, 6.07) is 13.7. The average Bonchev–Trinajstić information content (AvgIpc) is 3.06. The Balaban J connectivity index is 1.94. The number of carbonyl (C=O) groups excluding carboxylic acids is 1. The highest BCUT2D eigenvalue weighted by Crippen LogP contribution is 2.36. The minimum Gasteiger partial charge on any atom is -0.312 e. The number of nitrogens with zero attached hydrogens (tertiary/aromatic N) is 1. The number of carbonyl (C=O) groups is 1. The first-order valence-corrected chi connectivity index (χ1v) is 9.12.